The maximum absolute atomic E-state index is 11.3. The van der Waals surface area contributed by atoms with E-state index in [-0.39, 0.29) is 0 Å². The molecule has 1 heterocycles. The van der Waals surface area contributed by atoms with E-state index in [2.05, 4.69) is 9.72 Å². The molecule has 0 radical (unpaired) electrons. The Morgan fingerprint density at radius 2 is 2.06 bits per heavy atom. The summed E-state index contributed by atoms with van der Waals surface area (Å²) in [5.74, 6) is 0.313. The Balaban J connectivity index is 2.22. The molecule has 4 nitrogen and oxygen atoms in total. The van der Waals surface area contributed by atoms with Crippen molar-refractivity contribution in [2.24, 2.45) is 0 Å². The molecule has 2 aromatic rings. The average molecular weight is 242 g/mol. The lowest BCUT2D eigenvalue weighted by Gasteiger charge is -1.95. The normalized spacial score (nSPS) is 10.8. The topological polar surface area (TPSA) is 44.1 Å². The number of esters is 1. The fourth-order valence-corrected chi connectivity index (χ4v) is 1.57. The molecule has 92 valence electrons. The third kappa shape index (κ3) is 2.66. The summed E-state index contributed by atoms with van der Waals surface area (Å²) in [4.78, 5) is 15.5. The first-order valence-corrected chi connectivity index (χ1v) is 5.58. The summed E-state index contributed by atoms with van der Waals surface area (Å²) in [6, 6.07) is 9.92. The number of hydrogen-bond acceptors (Lipinski definition) is 3. The Morgan fingerprint density at radius 1 is 1.33 bits per heavy atom. The zero-order chi connectivity index (χ0) is 13.0. The van der Waals surface area contributed by atoms with Crippen LogP contribution in [0.1, 0.15) is 21.9 Å². The number of nitrogens with zero attached hydrogens (tertiary/aromatic N) is 2. The van der Waals surface area contributed by atoms with Crippen molar-refractivity contribution >= 4 is 18.2 Å². The molecule has 18 heavy (non-hydrogen) atoms. The summed E-state index contributed by atoms with van der Waals surface area (Å²) >= 11 is 0. The minimum absolute atomic E-state index is 0.313. The number of carbonyl (C=O) groups is 1. The average Bonchev–Trinajstić information content (AvgIpc) is 2.78. The lowest BCUT2D eigenvalue weighted by Crippen LogP contribution is -2.00. The summed E-state index contributed by atoms with van der Waals surface area (Å²) in [6.45, 7) is 1.84. The van der Waals surface area contributed by atoms with Crippen LogP contribution >= 0.6 is 0 Å². The Labute approximate surface area is 106 Å². The first-order chi connectivity index (χ1) is 8.70. The fourth-order valence-electron chi connectivity index (χ4n) is 1.57. The van der Waals surface area contributed by atoms with Gasteiger partial charge in [0.05, 0.1) is 7.11 Å². The molecule has 0 aliphatic rings. The molecule has 2 rings (SSSR count). The Hall–Kier alpha value is -2.36. The Kier molecular flexibility index (Phi) is 3.57. The van der Waals surface area contributed by atoms with Crippen molar-refractivity contribution in [3.63, 3.8) is 0 Å². The second-order valence-corrected chi connectivity index (χ2v) is 3.80. The van der Waals surface area contributed by atoms with Crippen LogP contribution < -0.4 is 0 Å². The number of rotatable bonds is 3. The molecule has 0 bridgehead atoms. The highest BCUT2D eigenvalue weighted by Gasteiger charge is 2.10. The van der Waals surface area contributed by atoms with Crippen LogP contribution in [0.25, 0.3) is 12.3 Å². The Morgan fingerprint density at radius 3 is 2.72 bits per heavy atom. The molecule has 0 aliphatic heterocycles. The van der Waals surface area contributed by atoms with Crippen molar-refractivity contribution in [1.29, 1.82) is 0 Å². The minimum atomic E-state index is -0.426. The van der Waals surface area contributed by atoms with Crippen LogP contribution in [0.15, 0.2) is 36.5 Å². The van der Waals surface area contributed by atoms with Crippen LogP contribution in [-0.4, -0.2) is 22.6 Å². The highest BCUT2D eigenvalue weighted by molar-refractivity contribution is 5.87. The van der Waals surface area contributed by atoms with Crippen LogP contribution in [0.5, 0.6) is 0 Å². The van der Waals surface area contributed by atoms with Crippen molar-refractivity contribution in [1.82, 2.24) is 9.55 Å². The lowest BCUT2D eigenvalue weighted by molar-refractivity contribution is 0.0594. The number of hydrogen-bond donors (Lipinski definition) is 0. The zero-order valence-electron chi connectivity index (χ0n) is 10.3. The van der Waals surface area contributed by atoms with Crippen LogP contribution in [0.3, 0.4) is 0 Å². The first kappa shape index (κ1) is 12.1. The number of aryl methyl sites for hydroxylation is 1. The smallest absolute Gasteiger partial charge is 0.358 e. The number of carbonyl (C=O) groups excluding carboxylic acids is 1. The second-order valence-electron chi connectivity index (χ2n) is 3.80. The summed E-state index contributed by atoms with van der Waals surface area (Å²) < 4.78 is 6.42. The quantitative estimate of drug-likeness (QED) is 0.777. The second kappa shape index (κ2) is 5.31. The maximum Gasteiger partial charge on any atom is 0.358 e. The van der Waals surface area contributed by atoms with Crippen molar-refractivity contribution in [2.45, 2.75) is 6.92 Å². The van der Waals surface area contributed by atoms with Crippen molar-refractivity contribution in [3.05, 3.63) is 53.6 Å². The largest absolute Gasteiger partial charge is 0.464 e. The highest BCUT2D eigenvalue weighted by atomic mass is 16.5. The molecule has 1 aromatic heterocycles. The molecule has 0 amide bonds. The van der Waals surface area contributed by atoms with E-state index in [9.17, 15) is 4.79 Å². The summed E-state index contributed by atoms with van der Waals surface area (Å²) in [5.41, 5.74) is 1.40. The van der Waals surface area contributed by atoms with Gasteiger partial charge in [0.2, 0.25) is 0 Å². The molecular formula is C14H14N2O2. The van der Waals surface area contributed by atoms with Gasteiger partial charge in [-0.05, 0) is 18.6 Å². The molecule has 0 N–H and O–H groups in total. The molecule has 0 unspecified atom stereocenters. The number of aromatic nitrogens is 2. The van der Waals surface area contributed by atoms with E-state index in [1.165, 1.54) is 7.11 Å². The minimum Gasteiger partial charge on any atom is -0.464 e. The van der Waals surface area contributed by atoms with Gasteiger partial charge in [0.25, 0.3) is 0 Å². The fraction of sp³-hybridized carbons (Fsp3) is 0.143. The van der Waals surface area contributed by atoms with Crippen molar-refractivity contribution in [3.8, 4) is 0 Å². The molecule has 0 atom stereocenters. The zero-order valence-corrected chi connectivity index (χ0v) is 10.3. The third-order valence-electron chi connectivity index (χ3n) is 2.54. The lowest BCUT2D eigenvalue weighted by atomic mass is 10.2. The van der Waals surface area contributed by atoms with E-state index in [4.69, 9.17) is 0 Å². The molecule has 0 fully saturated rings. The van der Waals surface area contributed by atoms with Gasteiger partial charge in [0, 0.05) is 12.4 Å². The van der Waals surface area contributed by atoms with E-state index < -0.39 is 5.97 Å². The van der Waals surface area contributed by atoms with E-state index in [0.717, 1.165) is 11.4 Å². The van der Waals surface area contributed by atoms with Crippen molar-refractivity contribution < 1.29 is 9.53 Å². The van der Waals surface area contributed by atoms with Gasteiger partial charge in [0.15, 0.2) is 5.69 Å². The molecule has 4 heteroatoms. The van der Waals surface area contributed by atoms with Crippen LogP contribution in [0.2, 0.25) is 0 Å². The molecular weight excluding hydrogens is 228 g/mol. The monoisotopic (exact) mass is 242 g/mol. The van der Waals surface area contributed by atoms with Crippen LogP contribution in [0.4, 0.5) is 0 Å². The van der Waals surface area contributed by atoms with Gasteiger partial charge in [0.1, 0.15) is 5.82 Å². The molecule has 0 saturated heterocycles. The third-order valence-corrected chi connectivity index (χ3v) is 2.54. The summed E-state index contributed by atoms with van der Waals surface area (Å²) in [7, 11) is 1.34. The first-order valence-electron chi connectivity index (χ1n) is 5.58. The van der Waals surface area contributed by atoms with Gasteiger partial charge < -0.3 is 9.30 Å². The number of ether oxygens (including phenoxy) is 1. The molecule has 1 aromatic carbocycles. The van der Waals surface area contributed by atoms with E-state index in [1.54, 1.807) is 10.8 Å². The predicted octanol–water partition coefficient (Wildman–Crippen LogP) is 2.61. The van der Waals surface area contributed by atoms with Gasteiger partial charge in [-0.3, -0.25) is 0 Å². The molecule has 0 aliphatic carbocycles. The van der Waals surface area contributed by atoms with Gasteiger partial charge in [-0.2, -0.15) is 0 Å². The van der Waals surface area contributed by atoms with Gasteiger partial charge in [-0.15, -0.1) is 0 Å². The number of methoxy groups -OCH3 is 1. The van der Waals surface area contributed by atoms with Gasteiger partial charge >= 0.3 is 5.97 Å². The van der Waals surface area contributed by atoms with E-state index in [0.29, 0.717) is 5.69 Å². The maximum atomic E-state index is 11.3. The van der Waals surface area contributed by atoms with Crippen molar-refractivity contribution in [2.75, 3.05) is 7.11 Å². The van der Waals surface area contributed by atoms with Crippen LogP contribution in [0, 0.1) is 6.92 Å². The number of imidazole rings is 1. The predicted molar refractivity (Wildman–Crippen MR) is 70.0 cm³/mol. The highest BCUT2D eigenvalue weighted by Crippen LogP contribution is 2.07. The van der Waals surface area contributed by atoms with Gasteiger partial charge in [-0.1, -0.05) is 30.3 Å². The number of benzene rings is 1. The summed E-state index contributed by atoms with van der Waals surface area (Å²) in [6.07, 6.45) is 5.47. The molecule has 0 spiro atoms. The standard InChI is InChI=1S/C14H14N2O2/c1-11-15-13(14(17)18-2)10-16(11)9-8-12-6-4-3-5-7-12/h3-10H,1-2H3/b9-8+. The molecule has 0 saturated carbocycles. The summed E-state index contributed by atoms with van der Waals surface area (Å²) in [5, 5.41) is 0. The van der Waals surface area contributed by atoms with E-state index >= 15 is 0 Å². The van der Waals surface area contributed by atoms with Gasteiger partial charge in [-0.25, -0.2) is 9.78 Å². The van der Waals surface area contributed by atoms with Crippen LogP contribution in [-0.2, 0) is 4.74 Å². The Bertz CT molecular complexity index is 571. The van der Waals surface area contributed by atoms with E-state index in [1.807, 2.05) is 49.5 Å². The SMILES string of the molecule is COC(=O)c1cn(/C=C/c2ccccc2)c(C)n1.